The summed E-state index contributed by atoms with van der Waals surface area (Å²) in [6.07, 6.45) is 1.42. The Hall–Kier alpha value is -1.55. The number of anilines is 1. The van der Waals surface area contributed by atoms with Crippen molar-refractivity contribution in [1.29, 1.82) is 0 Å². The maximum Gasteiger partial charge on any atom is 0.225 e. The zero-order valence-corrected chi connectivity index (χ0v) is 11.2. The second-order valence-corrected chi connectivity index (χ2v) is 4.00. The van der Waals surface area contributed by atoms with Crippen LogP contribution in [0.1, 0.15) is 26.7 Å². The number of nitrogens with one attached hydrogen (secondary N) is 2. The van der Waals surface area contributed by atoms with E-state index < -0.39 is 0 Å². The predicted octanol–water partition coefficient (Wildman–Crippen LogP) is 2.41. The van der Waals surface area contributed by atoms with Crippen LogP contribution in [-0.4, -0.2) is 25.6 Å². The van der Waals surface area contributed by atoms with Crippen LogP contribution in [0.5, 0.6) is 5.75 Å². The van der Waals surface area contributed by atoms with E-state index in [0.29, 0.717) is 19.6 Å². The lowest BCUT2D eigenvalue weighted by Crippen LogP contribution is -2.21. The third kappa shape index (κ3) is 5.19. The van der Waals surface area contributed by atoms with Gasteiger partial charge < -0.3 is 15.4 Å². The van der Waals surface area contributed by atoms with Gasteiger partial charge in [0.05, 0.1) is 12.3 Å². The summed E-state index contributed by atoms with van der Waals surface area (Å²) in [5, 5.41) is 6.00. The second kappa shape index (κ2) is 8.53. The fourth-order valence-corrected chi connectivity index (χ4v) is 1.50. The molecule has 100 valence electrons. The molecule has 1 aromatic carbocycles. The minimum Gasteiger partial charge on any atom is -0.491 e. The van der Waals surface area contributed by atoms with Crippen molar-refractivity contribution in [2.75, 3.05) is 25.0 Å². The molecule has 0 aromatic heterocycles. The summed E-state index contributed by atoms with van der Waals surface area (Å²) in [6, 6.07) is 7.52. The van der Waals surface area contributed by atoms with Crippen LogP contribution in [0, 0.1) is 0 Å². The number of benzene rings is 1. The summed E-state index contributed by atoms with van der Waals surface area (Å²) in [5.74, 6) is 0.736. The van der Waals surface area contributed by atoms with E-state index in [1.165, 1.54) is 0 Å². The van der Waals surface area contributed by atoms with Crippen molar-refractivity contribution in [3.8, 4) is 5.75 Å². The molecule has 0 fully saturated rings. The first-order valence-corrected chi connectivity index (χ1v) is 6.50. The quantitative estimate of drug-likeness (QED) is 0.697. The average molecular weight is 250 g/mol. The Kier molecular flexibility index (Phi) is 6.87. The maximum absolute atomic E-state index is 11.7. The van der Waals surface area contributed by atoms with E-state index in [9.17, 15) is 4.79 Å². The van der Waals surface area contributed by atoms with Gasteiger partial charge in [0.15, 0.2) is 0 Å². The number of para-hydroxylation sites is 2. The molecule has 4 nitrogen and oxygen atoms in total. The Morgan fingerprint density at radius 2 is 2.06 bits per heavy atom. The summed E-state index contributed by atoms with van der Waals surface area (Å²) in [5.41, 5.74) is 0.743. The van der Waals surface area contributed by atoms with Crippen LogP contribution in [0.3, 0.4) is 0 Å². The standard InChI is InChI=1S/C14H22N2O2/c1-3-11-18-13-8-6-5-7-12(13)16-14(17)9-10-15-4-2/h5-8,15H,3-4,9-11H2,1-2H3,(H,16,17). The molecular weight excluding hydrogens is 228 g/mol. The monoisotopic (exact) mass is 250 g/mol. The van der Waals surface area contributed by atoms with Gasteiger partial charge in [0.2, 0.25) is 5.91 Å². The highest BCUT2D eigenvalue weighted by Crippen LogP contribution is 2.23. The number of hydrogen-bond acceptors (Lipinski definition) is 3. The van der Waals surface area contributed by atoms with Gasteiger partial charge in [0.1, 0.15) is 5.75 Å². The lowest BCUT2D eigenvalue weighted by molar-refractivity contribution is -0.116. The van der Waals surface area contributed by atoms with E-state index >= 15 is 0 Å². The van der Waals surface area contributed by atoms with Gasteiger partial charge in [-0.1, -0.05) is 26.0 Å². The van der Waals surface area contributed by atoms with Crippen LogP contribution in [0.2, 0.25) is 0 Å². The molecule has 0 spiro atoms. The van der Waals surface area contributed by atoms with Crippen LogP contribution in [0.25, 0.3) is 0 Å². The SMILES string of the molecule is CCCOc1ccccc1NC(=O)CCNCC. The van der Waals surface area contributed by atoms with Crippen LogP contribution in [0.4, 0.5) is 5.69 Å². The number of hydrogen-bond donors (Lipinski definition) is 2. The molecule has 1 rings (SSSR count). The molecule has 0 heterocycles. The lowest BCUT2D eigenvalue weighted by Gasteiger charge is -2.11. The summed E-state index contributed by atoms with van der Waals surface area (Å²) in [4.78, 5) is 11.7. The van der Waals surface area contributed by atoms with E-state index in [1.807, 2.05) is 31.2 Å². The van der Waals surface area contributed by atoms with E-state index in [-0.39, 0.29) is 5.91 Å². The number of carbonyl (C=O) groups is 1. The number of rotatable bonds is 8. The molecule has 4 heteroatoms. The Labute approximate surface area is 109 Å². The molecule has 0 aliphatic rings. The fourth-order valence-electron chi connectivity index (χ4n) is 1.50. The Morgan fingerprint density at radius 3 is 2.78 bits per heavy atom. The first-order chi connectivity index (χ1) is 8.77. The summed E-state index contributed by atoms with van der Waals surface area (Å²) < 4.78 is 5.58. The highest BCUT2D eigenvalue weighted by molar-refractivity contribution is 5.92. The molecule has 0 aliphatic heterocycles. The average Bonchev–Trinajstić information content (AvgIpc) is 2.38. The largest absolute Gasteiger partial charge is 0.491 e. The highest BCUT2D eigenvalue weighted by Gasteiger charge is 2.06. The first-order valence-electron chi connectivity index (χ1n) is 6.50. The third-order valence-corrected chi connectivity index (χ3v) is 2.40. The van der Waals surface area contributed by atoms with Crippen molar-refractivity contribution in [2.45, 2.75) is 26.7 Å². The Bertz CT molecular complexity index is 367. The van der Waals surface area contributed by atoms with Crippen LogP contribution in [0.15, 0.2) is 24.3 Å². The molecule has 0 saturated carbocycles. The third-order valence-electron chi connectivity index (χ3n) is 2.40. The molecule has 18 heavy (non-hydrogen) atoms. The van der Waals surface area contributed by atoms with Gasteiger partial charge in [-0.15, -0.1) is 0 Å². The van der Waals surface area contributed by atoms with Gasteiger partial charge >= 0.3 is 0 Å². The molecule has 0 bridgehead atoms. The van der Waals surface area contributed by atoms with Gasteiger partial charge in [-0.05, 0) is 25.1 Å². The summed E-state index contributed by atoms with van der Waals surface area (Å²) in [6.45, 7) is 6.30. The normalized spacial score (nSPS) is 10.1. The summed E-state index contributed by atoms with van der Waals surface area (Å²) in [7, 11) is 0. The lowest BCUT2D eigenvalue weighted by atomic mass is 10.2. The van der Waals surface area contributed by atoms with Gasteiger partial charge in [-0.25, -0.2) is 0 Å². The van der Waals surface area contributed by atoms with Gasteiger partial charge in [-0.3, -0.25) is 4.79 Å². The Balaban J connectivity index is 2.51. The molecule has 0 unspecified atom stereocenters. The van der Waals surface area contributed by atoms with E-state index in [4.69, 9.17) is 4.74 Å². The van der Waals surface area contributed by atoms with Crippen molar-refractivity contribution in [1.82, 2.24) is 5.32 Å². The number of ether oxygens (including phenoxy) is 1. The number of amides is 1. The summed E-state index contributed by atoms with van der Waals surface area (Å²) >= 11 is 0. The zero-order valence-electron chi connectivity index (χ0n) is 11.2. The van der Waals surface area contributed by atoms with Crippen LogP contribution >= 0.6 is 0 Å². The Morgan fingerprint density at radius 1 is 1.28 bits per heavy atom. The minimum atomic E-state index is 0.00324. The topological polar surface area (TPSA) is 50.4 Å². The molecule has 0 atom stereocenters. The van der Waals surface area contributed by atoms with Crippen molar-refractivity contribution >= 4 is 11.6 Å². The minimum absolute atomic E-state index is 0.00324. The van der Waals surface area contributed by atoms with Crippen molar-refractivity contribution in [2.24, 2.45) is 0 Å². The van der Waals surface area contributed by atoms with Crippen LogP contribution in [-0.2, 0) is 4.79 Å². The molecular formula is C14H22N2O2. The van der Waals surface area contributed by atoms with Crippen molar-refractivity contribution < 1.29 is 9.53 Å². The maximum atomic E-state index is 11.7. The second-order valence-electron chi connectivity index (χ2n) is 4.00. The molecule has 1 aromatic rings. The van der Waals surface area contributed by atoms with Crippen molar-refractivity contribution in [3.63, 3.8) is 0 Å². The molecule has 2 N–H and O–H groups in total. The molecule has 0 aliphatic carbocycles. The van der Waals surface area contributed by atoms with E-state index in [1.54, 1.807) is 0 Å². The smallest absolute Gasteiger partial charge is 0.225 e. The molecule has 0 radical (unpaired) electrons. The van der Waals surface area contributed by atoms with Gasteiger partial charge in [-0.2, -0.15) is 0 Å². The van der Waals surface area contributed by atoms with Crippen molar-refractivity contribution in [3.05, 3.63) is 24.3 Å². The van der Waals surface area contributed by atoms with Crippen LogP contribution < -0.4 is 15.4 Å². The van der Waals surface area contributed by atoms with Gasteiger partial charge in [0.25, 0.3) is 0 Å². The highest BCUT2D eigenvalue weighted by atomic mass is 16.5. The van der Waals surface area contributed by atoms with E-state index in [2.05, 4.69) is 17.6 Å². The van der Waals surface area contributed by atoms with Gasteiger partial charge in [0, 0.05) is 13.0 Å². The molecule has 0 saturated heterocycles. The number of carbonyl (C=O) groups excluding carboxylic acids is 1. The molecule has 1 amide bonds. The predicted molar refractivity (Wildman–Crippen MR) is 74.0 cm³/mol. The first kappa shape index (κ1) is 14.5. The van der Waals surface area contributed by atoms with E-state index in [0.717, 1.165) is 24.4 Å². The zero-order chi connectivity index (χ0) is 13.2. The fraction of sp³-hybridized carbons (Fsp3) is 0.500.